The first-order chi connectivity index (χ1) is 13.7. The lowest BCUT2D eigenvalue weighted by atomic mass is 9.94. The first kappa shape index (κ1) is 22.7. The fourth-order valence-electron chi connectivity index (χ4n) is 4.11. The summed E-state index contributed by atoms with van der Waals surface area (Å²) < 4.78 is 54.9. The summed E-state index contributed by atoms with van der Waals surface area (Å²) in [6.07, 6.45) is 6.96. The zero-order chi connectivity index (χ0) is 21.1. The van der Waals surface area contributed by atoms with Crippen molar-refractivity contribution in [2.75, 3.05) is 26.2 Å². The van der Waals surface area contributed by atoms with E-state index in [4.69, 9.17) is 0 Å². The van der Waals surface area contributed by atoms with Gasteiger partial charge < -0.3 is 0 Å². The zero-order valence-electron chi connectivity index (χ0n) is 17.4. The van der Waals surface area contributed by atoms with Crippen LogP contribution in [-0.4, -0.2) is 64.3 Å². The number of piperazine rings is 1. The Kier molecular flexibility index (Phi) is 7.37. The average molecular weight is 444 g/mol. The second-order valence-electron chi connectivity index (χ2n) is 8.13. The Morgan fingerprint density at radius 1 is 0.931 bits per heavy atom. The van der Waals surface area contributed by atoms with Gasteiger partial charge in [0.2, 0.25) is 20.0 Å². The van der Waals surface area contributed by atoms with Crippen LogP contribution in [0, 0.1) is 0 Å². The maximum Gasteiger partial charge on any atom is 0.243 e. The lowest BCUT2D eigenvalue weighted by Crippen LogP contribution is -2.52. The summed E-state index contributed by atoms with van der Waals surface area (Å²) in [5.74, 6) is 0. The Morgan fingerprint density at radius 3 is 2.03 bits per heavy atom. The van der Waals surface area contributed by atoms with Gasteiger partial charge in [-0.25, -0.2) is 21.6 Å². The monoisotopic (exact) mass is 443 g/mol. The molecule has 1 heterocycles. The molecule has 0 aromatic heterocycles. The molecule has 3 rings (SSSR count). The molecule has 1 aliphatic carbocycles. The second kappa shape index (κ2) is 9.43. The van der Waals surface area contributed by atoms with Gasteiger partial charge in [-0.15, -0.1) is 0 Å². The van der Waals surface area contributed by atoms with Crippen LogP contribution in [0.5, 0.6) is 0 Å². The van der Waals surface area contributed by atoms with Gasteiger partial charge in [0.25, 0.3) is 0 Å². The fraction of sp³-hybridized carbons (Fsp3) is 0.700. The topological polar surface area (TPSA) is 86.8 Å². The lowest BCUT2D eigenvalue weighted by molar-refractivity contribution is 0.111. The van der Waals surface area contributed by atoms with Gasteiger partial charge in [-0.1, -0.05) is 26.2 Å². The molecule has 7 nitrogen and oxygen atoms in total. The van der Waals surface area contributed by atoms with Gasteiger partial charge in [0.15, 0.2) is 0 Å². The highest BCUT2D eigenvalue weighted by molar-refractivity contribution is 7.89. The third-order valence-corrected chi connectivity index (χ3v) is 9.62. The Hall–Kier alpha value is -1.00. The van der Waals surface area contributed by atoms with Crippen LogP contribution in [-0.2, 0) is 20.0 Å². The van der Waals surface area contributed by atoms with Crippen molar-refractivity contribution < 1.29 is 16.8 Å². The van der Waals surface area contributed by atoms with E-state index < -0.39 is 20.0 Å². The molecule has 9 heteroatoms. The molecule has 1 aromatic rings. The Balaban J connectivity index is 1.65. The van der Waals surface area contributed by atoms with Crippen molar-refractivity contribution in [3.05, 3.63) is 24.3 Å². The minimum Gasteiger partial charge on any atom is -0.298 e. The zero-order valence-corrected chi connectivity index (χ0v) is 19.0. The SMILES string of the molecule is CC[C@@H](C)NS(=O)(=O)c1ccc(S(=O)(=O)N2CCN(C3CCCCC3)CC2)cc1. The Labute approximate surface area is 175 Å². The number of benzene rings is 1. The first-order valence-electron chi connectivity index (χ1n) is 10.6. The summed E-state index contributed by atoms with van der Waals surface area (Å²) in [6, 6.07) is 5.95. The van der Waals surface area contributed by atoms with Gasteiger partial charge in [-0.05, 0) is 50.5 Å². The van der Waals surface area contributed by atoms with E-state index in [0.717, 1.165) is 13.1 Å². The predicted molar refractivity (Wildman–Crippen MR) is 114 cm³/mol. The lowest BCUT2D eigenvalue weighted by Gasteiger charge is -2.40. The number of hydrogen-bond acceptors (Lipinski definition) is 5. The van der Waals surface area contributed by atoms with Crippen molar-refractivity contribution in [1.29, 1.82) is 0 Å². The van der Waals surface area contributed by atoms with E-state index in [2.05, 4.69) is 9.62 Å². The summed E-state index contributed by atoms with van der Waals surface area (Å²) in [5.41, 5.74) is 0. The van der Waals surface area contributed by atoms with Crippen molar-refractivity contribution in [3.63, 3.8) is 0 Å². The van der Waals surface area contributed by atoms with E-state index >= 15 is 0 Å². The molecule has 1 saturated carbocycles. The van der Waals surface area contributed by atoms with Crippen LogP contribution >= 0.6 is 0 Å². The van der Waals surface area contributed by atoms with E-state index in [1.807, 2.05) is 6.92 Å². The van der Waals surface area contributed by atoms with Crippen molar-refractivity contribution in [2.45, 2.75) is 74.2 Å². The number of nitrogens with zero attached hydrogens (tertiary/aromatic N) is 2. The summed E-state index contributed by atoms with van der Waals surface area (Å²) in [5, 5.41) is 0. The summed E-state index contributed by atoms with van der Waals surface area (Å²) in [7, 11) is -7.26. The molecule has 29 heavy (non-hydrogen) atoms. The molecule has 2 fully saturated rings. The fourth-order valence-corrected chi connectivity index (χ4v) is 6.86. The van der Waals surface area contributed by atoms with Gasteiger partial charge >= 0.3 is 0 Å². The van der Waals surface area contributed by atoms with Crippen LogP contribution in [0.25, 0.3) is 0 Å². The maximum absolute atomic E-state index is 13.0. The maximum atomic E-state index is 13.0. The van der Waals surface area contributed by atoms with E-state index in [-0.39, 0.29) is 15.8 Å². The summed E-state index contributed by atoms with van der Waals surface area (Å²) in [4.78, 5) is 2.66. The molecular weight excluding hydrogens is 410 g/mol. The molecule has 0 spiro atoms. The summed E-state index contributed by atoms with van der Waals surface area (Å²) >= 11 is 0. The van der Waals surface area contributed by atoms with Crippen molar-refractivity contribution in [3.8, 4) is 0 Å². The minimum atomic E-state index is -3.64. The van der Waals surface area contributed by atoms with E-state index in [1.54, 1.807) is 6.92 Å². The van der Waals surface area contributed by atoms with Crippen molar-refractivity contribution >= 4 is 20.0 Å². The van der Waals surface area contributed by atoms with E-state index in [9.17, 15) is 16.8 Å². The van der Waals surface area contributed by atoms with Crippen molar-refractivity contribution in [2.24, 2.45) is 0 Å². The van der Waals surface area contributed by atoms with Gasteiger partial charge in [0, 0.05) is 38.3 Å². The van der Waals surface area contributed by atoms with Crippen LogP contribution < -0.4 is 4.72 Å². The van der Waals surface area contributed by atoms with Crippen molar-refractivity contribution in [1.82, 2.24) is 13.9 Å². The third-order valence-electron chi connectivity index (χ3n) is 6.10. The highest BCUT2D eigenvalue weighted by Crippen LogP contribution is 2.25. The quantitative estimate of drug-likeness (QED) is 0.699. The predicted octanol–water partition coefficient (Wildman–Crippen LogP) is 2.40. The molecule has 1 aromatic carbocycles. The Morgan fingerprint density at radius 2 is 1.48 bits per heavy atom. The number of rotatable bonds is 7. The van der Waals surface area contributed by atoms with Gasteiger partial charge in [-0.3, -0.25) is 4.90 Å². The molecule has 0 amide bonds. The molecule has 1 saturated heterocycles. The van der Waals surface area contributed by atoms with Crippen LogP contribution in [0.15, 0.2) is 34.1 Å². The van der Waals surface area contributed by atoms with Crippen LogP contribution in [0.1, 0.15) is 52.4 Å². The summed E-state index contributed by atoms with van der Waals surface area (Å²) in [6.45, 7) is 6.17. The number of hydrogen-bond donors (Lipinski definition) is 1. The normalized spacial score (nSPS) is 21.9. The highest BCUT2D eigenvalue weighted by atomic mass is 32.2. The number of nitrogens with one attached hydrogen (secondary N) is 1. The minimum absolute atomic E-state index is 0.0823. The third kappa shape index (κ3) is 5.38. The number of sulfonamides is 2. The van der Waals surface area contributed by atoms with Gasteiger partial charge in [0.05, 0.1) is 9.79 Å². The molecule has 1 N–H and O–H groups in total. The molecule has 0 radical (unpaired) electrons. The average Bonchev–Trinajstić information content (AvgIpc) is 2.74. The first-order valence-corrected chi connectivity index (χ1v) is 13.5. The molecular formula is C20H33N3O4S2. The molecule has 1 atom stereocenters. The van der Waals surface area contributed by atoms with Gasteiger partial charge in [0.1, 0.15) is 0 Å². The largest absolute Gasteiger partial charge is 0.298 e. The van der Waals surface area contributed by atoms with Gasteiger partial charge in [-0.2, -0.15) is 4.31 Å². The molecule has 0 unspecified atom stereocenters. The molecule has 164 valence electrons. The molecule has 1 aliphatic heterocycles. The molecule has 0 bridgehead atoms. The standard InChI is InChI=1S/C20H33N3O4S2/c1-3-17(2)21-28(24,25)19-9-11-20(12-10-19)29(26,27)23-15-13-22(14-16-23)18-7-5-4-6-8-18/h9-12,17-18,21H,3-8,13-16H2,1-2H3/t17-/m1/s1. The van der Waals surface area contributed by atoms with E-state index in [0.29, 0.717) is 25.6 Å². The van der Waals surface area contributed by atoms with Crippen LogP contribution in [0.2, 0.25) is 0 Å². The van der Waals surface area contributed by atoms with Crippen LogP contribution in [0.4, 0.5) is 0 Å². The second-order valence-corrected chi connectivity index (χ2v) is 11.8. The highest BCUT2D eigenvalue weighted by Gasteiger charge is 2.31. The Bertz CT molecular complexity index is 871. The van der Waals surface area contributed by atoms with Crippen LogP contribution in [0.3, 0.4) is 0 Å². The van der Waals surface area contributed by atoms with E-state index in [1.165, 1.54) is 60.7 Å². The smallest absolute Gasteiger partial charge is 0.243 e. The molecule has 2 aliphatic rings.